The fourth-order valence-corrected chi connectivity index (χ4v) is 0.706. The molecule has 0 bridgehead atoms. The van der Waals surface area contributed by atoms with Crippen molar-refractivity contribution < 1.29 is 13.9 Å². The first-order chi connectivity index (χ1) is 5.70. The van der Waals surface area contributed by atoms with Crippen molar-refractivity contribution in [3.63, 3.8) is 0 Å². The molecule has 0 saturated carbocycles. The summed E-state index contributed by atoms with van der Waals surface area (Å²) in [5.74, 6) is 0.0401. The molecule has 1 heterocycles. The summed E-state index contributed by atoms with van der Waals surface area (Å²) in [5.41, 5.74) is 0.468. The summed E-state index contributed by atoms with van der Waals surface area (Å²) in [4.78, 5) is 11.1. The number of hydrogen-bond acceptors (Lipinski definition) is 3. The summed E-state index contributed by atoms with van der Waals surface area (Å²) < 4.78 is 9.69. The molecule has 0 aliphatic heterocycles. The van der Waals surface area contributed by atoms with Crippen molar-refractivity contribution >= 4 is 5.97 Å². The Hall–Kier alpha value is -1.25. The number of rotatable bonds is 3. The molecule has 0 spiro atoms. The average molecular weight is 168 g/mol. The molecule has 0 saturated heterocycles. The third kappa shape index (κ3) is 2.42. The average Bonchev–Trinajstić information content (AvgIpc) is 2.51. The van der Waals surface area contributed by atoms with Crippen molar-refractivity contribution in [1.29, 1.82) is 0 Å². The zero-order valence-electron chi connectivity index (χ0n) is 7.24. The molecule has 0 aliphatic rings. The second kappa shape index (κ2) is 3.95. The second-order valence-corrected chi connectivity index (χ2v) is 3.00. The van der Waals surface area contributed by atoms with Crippen molar-refractivity contribution in [2.75, 3.05) is 6.61 Å². The quantitative estimate of drug-likeness (QED) is 0.649. The van der Waals surface area contributed by atoms with E-state index in [9.17, 15) is 4.79 Å². The van der Waals surface area contributed by atoms with Crippen molar-refractivity contribution in [3.05, 3.63) is 24.2 Å². The predicted molar refractivity (Wildman–Crippen MR) is 43.8 cm³/mol. The maximum atomic E-state index is 11.1. The van der Waals surface area contributed by atoms with Gasteiger partial charge in [0.25, 0.3) is 0 Å². The Kier molecular flexibility index (Phi) is 2.91. The molecule has 1 rings (SSSR count). The first-order valence-electron chi connectivity index (χ1n) is 3.89. The highest BCUT2D eigenvalue weighted by Crippen LogP contribution is 2.03. The summed E-state index contributed by atoms with van der Waals surface area (Å²) >= 11 is 0. The normalized spacial score (nSPS) is 10.2. The lowest BCUT2D eigenvalue weighted by Gasteiger charge is -2.04. The van der Waals surface area contributed by atoms with Gasteiger partial charge in [-0.1, -0.05) is 13.8 Å². The highest BCUT2D eigenvalue weighted by atomic mass is 16.5. The van der Waals surface area contributed by atoms with Crippen LogP contribution in [-0.2, 0) is 4.74 Å². The SMILES string of the molecule is CC(C)COC(=O)c1ccoc1. The van der Waals surface area contributed by atoms with Gasteiger partial charge in [0.2, 0.25) is 0 Å². The summed E-state index contributed by atoms with van der Waals surface area (Å²) in [7, 11) is 0. The number of esters is 1. The fourth-order valence-electron chi connectivity index (χ4n) is 0.706. The van der Waals surface area contributed by atoms with Crippen LogP contribution < -0.4 is 0 Å². The van der Waals surface area contributed by atoms with Gasteiger partial charge in [-0.15, -0.1) is 0 Å². The maximum Gasteiger partial charge on any atom is 0.341 e. The summed E-state index contributed by atoms with van der Waals surface area (Å²) in [6, 6.07) is 1.59. The van der Waals surface area contributed by atoms with E-state index < -0.39 is 0 Å². The molecule has 1 aromatic rings. The number of carbonyl (C=O) groups excluding carboxylic acids is 1. The van der Waals surface area contributed by atoms with Crippen LogP contribution >= 0.6 is 0 Å². The molecular formula is C9H12O3. The Morgan fingerprint density at radius 2 is 2.42 bits per heavy atom. The van der Waals surface area contributed by atoms with Gasteiger partial charge in [-0.3, -0.25) is 0 Å². The molecule has 1 aromatic heterocycles. The van der Waals surface area contributed by atoms with Gasteiger partial charge < -0.3 is 9.15 Å². The standard InChI is InChI=1S/C9H12O3/c1-7(2)5-12-9(10)8-3-4-11-6-8/h3-4,6-7H,5H2,1-2H3. The zero-order chi connectivity index (χ0) is 8.97. The zero-order valence-corrected chi connectivity index (χ0v) is 7.24. The first kappa shape index (κ1) is 8.84. The number of ether oxygens (including phenoxy) is 1. The number of furan rings is 1. The second-order valence-electron chi connectivity index (χ2n) is 3.00. The monoisotopic (exact) mass is 168 g/mol. The van der Waals surface area contributed by atoms with Crippen LogP contribution in [0.2, 0.25) is 0 Å². The van der Waals surface area contributed by atoms with Crippen LogP contribution in [0.25, 0.3) is 0 Å². The van der Waals surface area contributed by atoms with Crippen molar-refractivity contribution in [1.82, 2.24) is 0 Å². The van der Waals surface area contributed by atoms with Crippen LogP contribution in [0.3, 0.4) is 0 Å². The van der Waals surface area contributed by atoms with Gasteiger partial charge >= 0.3 is 5.97 Å². The molecule has 0 unspecified atom stereocenters. The van der Waals surface area contributed by atoms with Crippen LogP contribution in [0.5, 0.6) is 0 Å². The lowest BCUT2D eigenvalue weighted by molar-refractivity contribution is 0.0458. The Labute approximate surface area is 71.3 Å². The summed E-state index contributed by atoms with van der Waals surface area (Å²) in [5, 5.41) is 0. The Bertz CT molecular complexity index is 236. The molecule has 3 heteroatoms. The van der Waals surface area contributed by atoms with Gasteiger partial charge in [0.1, 0.15) is 6.26 Å². The highest BCUT2D eigenvalue weighted by Gasteiger charge is 2.08. The minimum absolute atomic E-state index is 0.322. The Morgan fingerprint density at radius 1 is 1.67 bits per heavy atom. The molecule has 66 valence electrons. The lowest BCUT2D eigenvalue weighted by atomic mass is 10.2. The smallest absolute Gasteiger partial charge is 0.341 e. The topological polar surface area (TPSA) is 39.4 Å². The van der Waals surface area contributed by atoms with Gasteiger partial charge in [0.15, 0.2) is 0 Å². The Balaban J connectivity index is 2.40. The summed E-state index contributed by atoms with van der Waals surface area (Å²) in [6.45, 7) is 4.43. The molecule has 12 heavy (non-hydrogen) atoms. The van der Waals surface area contributed by atoms with Gasteiger partial charge in [-0.2, -0.15) is 0 Å². The van der Waals surface area contributed by atoms with E-state index in [1.54, 1.807) is 6.07 Å². The third-order valence-corrected chi connectivity index (χ3v) is 1.30. The molecule has 0 aliphatic carbocycles. The molecule has 0 fully saturated rings. The van der Waals surface area contributed by atoms with E-state index >= 15 is 0 Å². The van der Waals surface area contributed by atoms with Crippen molar-refractivity contribution in [3.8, 4) is 0 Å². The van der Waals surface area contributed by atoms with Gasteiger partial charge in [-0.25, -0.2) is 4.79 Å². The minimum Gasteiger partial charge on any atom is -0.472 e. The Morgan fingerprint density at radius 3 is 2.92 bits per heavy atom. The number of carbonyl (C=O) groups is 1. The van der Waals surface area contributed by atoms with Crippen LogP contribution in [-0.4, -0.2) is 12.6 Å². The molecule has 0 aromatic carbocycles. The van der Waals surface area contributed by atoms with E-state index in [1.807, 2.05) is 13.8 Å². The van der Waals surface area contributed by atoms with Crippen LogP contribution in [0.1, 0.15) is 24.2 Å². The van der Waals surface area contributed by atoms with Crippen LogP contribution in [0, 0.1) is 5.92 Å². The van der Waals surface area contributed by atoms with E-state index in [0.29, 0.717) is 18.1 Å². The molecule has 3 nitrogen and oxygen atoms in total. The highest BCUT2D eigenvalue weighted by molar-refractivity contribution is 5.88. The van der Waals surface area contributed by atoms with E-state index in [2.05, 4.69) is 0 Å². The first-order valence-corrected chi connectivity index (χ1v) is 3.89. The third-order valence-electron chi connectivity index (χ3n) is 1.30. The van der Waals surface area contributed by atoms with Gasteiger partial charge in [0, 0.05) is 0 Å². The molecular weight excluding hydrogens is 156 g/mol. The van der Waals surface area contributed by atoms with E-state index in [0.717, 1.165) is 0 Å². The van der Waals surface area contributed by atoms with Crippen LogP contribution in [0.4, 0.5) is 0 Å². The fraction of sp³-hybridized carbons (Fsp3) is 0.444. The van der Waals surface area contributed by atoms with E-state index in [-0.39, 0.29) is 5.97 Å². The van der Waals surface area contributed by atoms with E-state index in [1.165, 1.54) is 12.5 Å². The van der Waals surface area contributed by atoms with E-state index in [4.69, 9.17) is 9.15 Å². The molecule has 0 amide bonds. The van der Waals surface area contributed by atoms with Gasteiger partial charge in [0.05, 0.1) is 18.4 Å². The minimum atomic E-state index is -0.322. The predicted octanol–water partition coefficient (Wildman–Crippen LogP) is 2.09. The maximum absolute atomic E-state index is 11.1. The summed E-state index contributed by atoms with van der Waals surface area (Å²) in [6.07, 6.45) is 2.83. The molecule has 0 atom stereocenters. The number of hydrogen-bond donors (Lipinski definition) is 0. The van der Waals surface area contributed by atoms with Gasteiger partial charge in [-0.05, 0) is 12.0 Å². The lowest BCUT2D eigenvalue weighted by Crippen LogP contribution is -2.09. The van der Waals surface area contributed by atoms with Crippen LogP contribution in [0.15, 0.2) is 23.0 Å². The molecule has 0 radical (unpaired) electrons. The van der Waals surface area contributed by atoms with Crippen molar-refractivity contribution in [2.45, 2.75) is 13.8 Å². The van der Waals surface area contributed by atoms with Crippen molar-refractivity contribution in [2.24, 2.45) is 5.92 Å². The molecule has 0 N–H and O–H groups in total. The largest absolute Gasteiger partial charge is 0.472 e.